The third-order valence-electron chi connectivity index (χ3n) is 5.10. The zero-order valence-electron chi connectivity index (χ0n) is 12.9. The Morgan fingerprint density at radius 1 is 1.17 bits per heavy atom. The lowest BCUT2D eigenvalue weighted by Crippen LogP contribution is -2.39. The van der Waals surface area contributed by atoms with Crippen LogP contribution >= 0.6 is 11.6 Å². The van der Waals surface area contributed by atoms with Gasteiger partial charge in [0.15, 0.2) is 0 Å². The summed E-state index contributed by atoms with van der Waals surface area (Å²) in [5, 5.41) is 11.5. The van der Waals surface area contributed by atoms with E-state index in [1.165, 1.54) is 12.1 Å². The molecule has 7 nitrogen and oxygen atoms in total. The number of hydrogen-bond acceptors (Lipinski definition) is 5. The minimum absolute atomic E-state index is 0.0552. The molecule has 2 amide bonds. The predicted octanol–water partition coefficient (Wildman–Crippen LogP) is 2.47. The second-order valence-corrected chi connectivity index (χ2v) is 7.10. The summed E-state index contributed by atoms with van der Waals surface area (Å²) in [5.41, 5.74) is -2.18. The number of benzene rings is 1. The summed E-state index contributed by atoms with van der Waals surface area (Å²) >= 11 is 5.81. The number of halogens is 1. The van der Waals surface area contributed by atoms with Crippen molar-refractivity contribution < 1.29 is 19.2 Å². The normalized spacial score (nSPS) is 36.5. The molecule has 4 atom stereocenters. The smallest absolute Gasteiger partial charge is 0.294 e. The number of nitro groups is 1. The number of amides is 2. The van der Waals surface area contributed by atoms with Crippen molar-refractivity contribution >= 4 is 34.8 Å². The van der Waals surface area contributed by atoms with Crippen molar-refractivity contribution in [3.05, 3.63) is 45.5 Å². The van der Waals surface area contributed by atoms with Gasteiger partial charge >= 0.3 is 0 Å². The van der Waals surface area contributed by atoms with Gasteiger partial charge in [-0.25, -0.2) is 4.90 Å². The highest BCUT2D eigenvalue weighted by Crippen LogP contribution is 2.57. The molecule has 4 rings (SSSR count). The topological polar surface area (TPSA) is 89.8 Å². The van der Waals surface area contributed by atoms with Crippen LogP contribution in [0.25, 0.3) is 0 Å². The predicted molar refractivity (Wildman–Crippen MR) is 84.6 cm³/mol. The summed E-state index contributed by atoms with van der Waals surface area (Å²) in [6.07, 6.45) is 3.58. The van der Waals surface area contributed by atoms with Crippen LogP contribution in [0.4, 0.5) is 11.4 Å². The molecule has 8 heteroatoms. The van der Waals surface area contributed by atoms with Crippen molar-refractivity contribution in [2.75, 3.05) is 4.90 Å². The lowest BCUT2D eigenvalue weighted by Gasteiger charge is -2.25. The van der Waals surface area contributed by atoms with E-state index in [1.54, 1.807) is 26.0 Å². The Morgan fingerprint density at radius 2 is 1.71 bits per heavy atom. The van der Waals surface area contributed by atoms with Gasteiger partial charge in [0.1, 0.15) is 5.69 Å². The van der Waals surface area contributed by atoms with E-state index >= 15 is 0 Å². The van der Waals surface area contributed by atoms with Gasteiger partial charge in [0.05, 0.1) is 28.0 Å². The molecule has 2 saturated heterocycles. The standard InChI is InChI=1S/C16H13ClN2O5/c1-15-5-6-16(2,24-15)12-11(15)13(20)18(14(12)21)9-4-3-8(17)7-10(9)19(22)23/h3-7,11-12H,1-2H3/t11-,12+,15-,16-/m0/s1. The summed E-state index contributed by atoms with van der Waals surface area (Å²) in [4.78, 5) is 37.4. The molecule has 3 aliphatic rings. The van der Waals surface area contributed by atoms with Gasteiger partial charge < -0.3 is 4.74 Å². The molecule has 24 heavy (non-hydrogen) atoms. The molecule has 0 unspecified atom stereocenters. The second-order valence-electron chi connectivity index (χ2n) is 6.66. The molecule has 124 valence electrons. The molecular weight excluding hydrogens is 336 g/mol. The fraction of sp³-hybridized carbons (Fsp3) is 0.375. The average molecular weight is 349 g/mol. The molecule has 3 aliphatic heterocycles. The number of rotatable bonds is 2. The Bertz CT molecular complexity index is 817. The first-order chi connectivity index (χ1) is 11.2. The summed E-state index contributed by atoms with van der Waals surface area (Å²) in [5.74, 6) is -2.33. The number of carbonyl (C=O) groups excluding carboxylic acids is 2. The van der Waals surface area contributed by atoms with Crippen LogP contribution in [0.5, 0.6) is 0 Å². The van der Waals surface area contributed by atoms with Crippen LogP contribution in [0.1, 0.15) is 13.8 Å². The highest BCUT2D eigenvalue weighted by molar-refractivity contribution is 6.31. The van der Waals surface area contributed by atoms with E-state index in [1.807, 2.05) is 0 Å². The minimum Gasteiger partial charge on any atom is -0.359 e. The van der Waals surface area contributed by atoms with E-state index in [-0.39, 0.29) is 16.4 Å². The first-order valence-corrected chi connectivity index (χ1v) is 7.78. The molecule has 1 aromatic carbocycles. The summed E-state index contributed by atoms with van der Waals surface area (Å²) in [6.45, 7) is 3.51. The van der Waals surface area contributed by atoms with E-state index in [0.29, 0.717) is 0 Å². The minimum atomic E-state index is -0.873. The summed E-state index contributed by atoms with van der Waals surface area (Å²) in [6, 6.07) is 3.89. The Labute approximate surface area is 142 Å². The van der Waals surface area contributed by atoms with Crippen LogP contribution < -0.4 is 4.90 Å². The fourth-order valence-corrected chi connectivity index (χ4v) is 4.27. The summed E-state index contributed by atoms with van der Waals surface area (Å²) in [7, 11) is 0. The third-order valence-corrected chi connectivity index (χ3v) is 5.34. The fourth-order valence-electron chi connectivity index (χ4n) is 4.10. The zero-order chi connectivity index (χ0) is 17.4. The first kappa shape index (κ1) is 15.3. The van der Waals surface area contributed by atoms with Crippen LogP contribution in [-0.4, -0.2) is 27.9 Å². The number of imide groups is 1. The lowest BCUT2D eigenvalue weighted by molar-refractivity contribution is -0.384. The molecule has 0 N–H and O–H groups in total. The molecule has 3 heterocycles. The number of nitro benzene ring substituents is 1. The Balaban J connectivity index is 1.85. The molecule has 0 radical (unpaired) electrons. The van der Waals surface area contributed by atoms with Crippen LogP contribution in [0, 0.1) is 22.0 Å². The molecule has 0 saturated carbocycles. The van der Waals surface area contributed by atoms with E-state index < -0.39 is 39.8 Å². The highest BCUT2D eigenvalue weighted by Gasteiger charge is 2.70. The third kappa shape index (κ3) is 1.71. The Morgan fingerprint density at radius 3 is 2.21 bits per heavy atom. The molecule has 0 aliphatic carbocycles. The molecule has 2 bridgehead atoms. The van der Waals surface area contributed by atoms with Crippen molar-refractivity contribution in [1.29, 1.82) is 0 Å². The van der Waals surface area contributed by atoms with E-state index in [4.69, 9.17) is 16.3 Å². The van der Waals surface area contributed by atoms with Gasteiger partial charge in [0, 0.05) is 11.1 Å². The van der Waals surface area contributed by atoms with Gasteiger partial charge in [-0.1, -0.05) is 23.8 Å². The van der Waals surface area contributed by atoms with Gasteiger partial charge in [-0.05, 0) is 26.0 Å². The maximum Gasteiger partial charge on any atom is 0.294 e. The van der Waals surface area contributed by atoms with Crippen molar-refractivity contribution in [1.82, 2.24) is 0 Å². The van der Waals surface area contributed by atoms with Crippen molar-refractivity contribution in [2.45, 2.75) is 25.0 Å². The van der Waals surface area contributed by atoms with Crippen LogP contribution in [-0.2, 0) is 14.3 Å². The van der Waals surface area contributed by atoms with Gasteiger partial charge in [0.2, 0.25) is 11.8 Å². The van der Waals surface area contributed by atoms with Gasteiger partial charge in [0.25, 0.3) is 5.69 Å². The van der Waals surface area contributed by atoms with E-state index in [2.05, 4.69) is 0 Å². The maximum absolute atomic E-state index is 12.9. The van der Waals surface area contributed by atoms with Gasteiger partial charge in [-0.2, -0.15) is 0 Å². The molecule has 2 fully saturated rings. The number of carbonyl (C=O) groups is 2. The van der Waals surface area contributed by atoms with Gasteiger partial charge in [-0.3, -0.25) is 19.7 Å². The maximum atomic E-state index is 12.9. The van der Waals surface area contributed by atoms with E-state index in [0.717, 1.165) is 11.0 Å². The lowest BCUT2D eigenvalue weighted by atomic mass is 9.73. The Hall–Kier alpha value is -2.25. The largest absolute Gasteiger partial charge is 0.359 e. The number of hydrogen-bond donors (Lipinski definition) is 0. The first-order valence-electron chi connectivity index (χ1n) is 7.40. The molecular formula is C16H13ClN2O5. The monoisotopic (exact) mass is 348 g/mol. The molecule has 0 aromatic heterocycles. The quantitative estimate of drug-likeness (QED) is 0.354. The number of fused-ring (bicyclic) bond motifs is 5. The second kappa shape index (κ2) is 4.43. The van der Waals surface area contributed by atoms with Crippen molar-refractivity contribution in [3.63, 3.8) is 0 Å². The van der Waals surface area contributed by atoms with Crippen LogP contribution in [0.15, 0.2) is 30.4 Å². The number of nitrogens with zero attached hydrogens (tertiary/aromatic N) is 2. The average Bonchev–Trinajstić information content (AvgIpc) is 3.04. The molecule has 0 spiro atoms. The number of ether oxygens (including phenoxy) is 1. The molecule has 1 aromatic rings. The number of anilines is 1. The SMILES string of the molecule is C[C@@]12C=C[C@](C)(O1)[C@H]1C(=O)N(c3ccc(Cl)cc3[N+](=O)[O-])C(=O)[C@H]12. The zero-order valence-corrected chi connectivity index (χ0v) is 13.6. The van der Waals surface area contributed by atoms with Gasteiger partial charge in [-0.15, -0.1) is 0 Å². The Kier molecular flexibility index (Phi) is 2.82. The van der Waals surface area contributed by atoms with Crippen molar-refractivity contribution in [2.24, 2.45) is 11.8 Å². The summed E-state index contributed by atoms with van der Waals surface area (Å²) < 4.78 is 5.90. The van der Waals surface area contributed by atoms with Crippen molar-refractivity contribution in [3.8, 4) is 0 Å². The van der Waals surface area contributed by atoms with Crippen LogP contribution in [0.2, 0.25) is 5.02 Å². The highest BCUT2D eigenvalue weighted by atomic mass is 35.5. The van der Waals surface area contributed by atoms with Crippen LogP contribution in [0.3, 0.4) is 0 Å². The van der Waals surface area contributed by atoms with E-state index in [9.17, 15) is 19.7 Å².